The number of aryl methyl sites for hydroxylation is 2. The highest BCUT2D eigenvalue weighted by Gasteiger charge is 2.27. The van der Waals surface area contributed by atoms with Gasteiger partial charge in [0.15, 0.2) is 0 Å². The molecule has 0 spiro atoms. The number of carbonyl (C=O) groups excluding carboxylic acids is 2. The molecule has 3 aromatic rings. The summed E-state index contributed by atoms with van der Waals surface area (Å²) in [5.41, 5.74) is 5.64. The van der Waals surface area contributed by atoms with Crippen LogP contribution >= 0.6 is 0 Å². The Labute approximate surface area is 254 Å². The lowest BCUT2D eigenvalue weighted by molar-refractivity contribution is 0.0821. The number of fused-ring (bicyclic) bond motifs is 2. The zero-order valence-corrected chi connectivity index (χ0v) is 25.6. The largest absolute Gasteiger partial charge is 0.449 e. The predicted molar refractivity (Wildman–Crippen MR) is 164 cm³/mol. The number of imidazole rings is 2. The van der Waals surface area contributed by atoms with Crippen molar-refractivity contribution in [2.24, 2.45) is 0 Å². The molecule has 1 saturated carbocycles. The Bertz CT molecular complexity index is 1300. The molecule has 10 nitrogen and oxygen atoms in total. The van der Waals surface area contributed by atoms with E-state index >= 15 is 0 Å². The summed E-state index contributed by atoms with van der Waals surface area (Å²) in [7, 11) is 3.63. The molecule has 1 fully saturated rings. The molecule has 2 heterocycles. The minimum absolute atomic E-state index is 0.176. The van der Waals surface area contributed by atoms with Gasteiger partial charge in [-0.15, -0.1) is 0 Å². The van der Waals surface area contributed by atoms with Crippen molar-refractivity contribution in [3.63, 3.8) is 0 Å². The first-order valence-corrected chi connectivity index (χ1v) is 15.8. The number of hydrogen-bond acceptors (Lipinski definition) is 6. The molecule has 2 aromatic heterocycles. The Morgan fingerprint density at radius 1 is 0.767 bits per heavy atom. The first-order chi connectivity index (χ1) is 21.0. The Kier molecular flexibility index (Phi) is 10.7. The lowest BCUT2D eigenvalue weighted by atomic mass is 9.90. The van der Waals surface area contributed by atoms with Gasteiger partial charge in [-0.05, 0) is 56.9 Å². The van der Waals surface area contributed by atoms with E-state index in [0.717, 1.165) is 68.3 Å². The summed E-state index contributed by atoms with van der Waals surface area (Å²) >= 11 is 0. The van der Waals surface area contributed by atoms with Gasteiger partial charge >= 0.3 is 12.2 Å². The minimum atomic E-state index is -0.286. The fourth-order valence-corrected chi connectivity index (χ4v) is 6.51. The number of amides is 2. The average molecular weight is 591 g/mol. The van der Waals surface area contributed by atoms with Crippen LogP contribution in [0.15, 0.2) is 43.0 Å². The van der Waals surface area contributed by atoms with Crippen LogP contribution in [-0.4, -0.2) is 75.3 Å². The summed E-state index contributed by atoms with van der Waals surface area (Å²) in [6.45, 7) is 1.40. The van der Waals surface area contributed by atoms with E-state index in [-0.39, 0.29) is 24.0 Å². The van der Waals surface area contributed by atoms with Crippen molar-refractivity contribution in [1.29, 1.82) is 0 Å². The van der Waals surface area contributed by atoms with E-state index in [9.17, 15) is 9.59 Å². The molecule has 232 valence electrons. The molecule has 3 aliphatic carbocycles. The Morgan fingerprint density at radius 3 is 1.91 bits per heavy atom. The molecular weight excluding hydrogens is 544 g/mol. The van der Waals surface area contributed by atoms with Crippen LogP contribution in [0.25, 0.3) is 0 Å². The van der Waals surface area contributed by atoms with Crippen LogP contribution in [0, 0.1) is 0 Å². The number of aromatic nitrogens is 4. The molecule has 2 N–H and O–H groups in total. The maximum Gasteiger partial charge on any atom is 0.409 e. The summed E-state index contributed by atoms with van der Waals surface area (Å²) in [5, 5.41) is 0. The molecule has 0 bridgehead atoms. The summed E-state index contributed by atoms with van der Waals surface area (Å²) in [6, 6.07) is 10.3. The van der Waals surface area contributed by atoms with Crippen LogP contribution in [0.5, 0.6) is 0 Å². The van der Waals surface area contributed by atoms with Gasteiger partial charge in [-0.2, -0.15) is 0 Å². The van der Waals surface area contributed by atoms with E-state index in [2.05, 4.69) is 19.9 Å². The molecule has 6 rings (SSSR count). The van der Waals surface area contributed by atoms with Gasteiger partial charge in [0.2, 0.25) is 0 Å². The number of nitrogens with zero attached hydrogens (tertiary/aromatic N) is 4. The number of rotatable bonds is 7. The molecule has 0 aliphatic heterocycles. The zero-order valence-electron chi connectivity index (χ0n) is 25.6. The first-order valence-electron chi connectivity index (χ1n) is 15.8. The normalized spacial score (nSPS) is 19.7. The molecule has 3 aliphatic rings. The van der Waals surface area contributed by atoms with E-state index in [1.54, 1.807) is 29.5 Å². The standard InChI is InChI=1S/C17H21N3O2.C16H25N3O2/c1-20(10-13-6-3-2-4-7-13)17(21)22-11-14-8-5-9-15-16(14)19-12-18-15;1-19(13-7-3-2-4-8-13)16(20)21-10-12-6-5-9-14-15(12)18-11-17-14/h2-4,6-7,12,14H,5,8-11H2,1H3,(H,18,19);11-13H,2-10H2,1H3,(H,17,18). The SMILES string of the molecule is CN(C(=O)OCC1CCCc2[nH]cnc21)C1CCCCC1.CN(Cc1ccccc1)C(=O)OCC1CCCc2[nH]cnc21. The maximum atomic E-state index is 12.2. The number of H-pyrrole nitrogens is 2. The molecule has 2 unspecified atom stereocenters. The summed E-state index contributed by atoms with van der Waals surface area (Å²) in [4.78, 5) is 42.8. The van der Waals surface area contributed by atoms with Crippen molar-refractivity contribution < 1.29 is 19.1 Å². The third kappa shape index (κ3) is 8.18. The van der Waals surface area contributed by atoms with E-state index in [4.69, 9.17) is 9.47 Å². The number of carbonyl (C=O) groups is 2. The van der Waals surface area contributed by atoms with Gasteiger partial charge in [0.25, 0.3) is 0 Å². The molecular formula is C33H46N6O4. The van der Waals surface area contributed by atoms with Crippen molar-refractivity contribution in [1.82, 2.24) is 29.7 Å². The second kappa shape index (κ2) is 15.1. The fourth-order valence-electron chi connectivity index (χ4n) is 6.51. The predicted octanol–water partition coefficient (Wildman–Crippen LogP) is 6.33. The van der Waals surface area contributed by atoms with Crippen LogP contribution < -0.4 is 0 Å². The molecule has 1 aromatic carbocycles. The van der Waals surface area contributed by atoms with Crippen LogP contribution in [-0.2, 0) is 28.9 Å². The van der Waals surface area contributed by atoms with Gasteiger partial charge < -0.3 is 29.2 Å². The second-order valence-corrected chi connectivity index (χ2v) is 12.1. The summed E-state index contributed by atoms with van der Waals surface area (Å²) < 4.78 is 11.0. The van der Waals surface area contributed by atoms with Gasteiger partial charge in [-0.25, -0.2) is 19.6 Å². The van der Waals surface area contributed by atoms with Crippen molar-refractivity contribution >= 4 is 12.2 Å². The van der Waals surface area contributed by atoms with E-state index < -0.39 is 0 Å². The fraction of sp³-hybridized carbons (Fsp3) is 0.576. The number of hydrogen-bond donors (Lipinski definition) is 2. The second-order valence-electron chi connectivity index (χ2n) is 12.1. The third-order valence-electron chi connectivity index (χ3n) is 9.04. The Balaban J connectivity index is 0.000000171. The molecule has 2 amide bonds. The first kappa shape index (κ1) is 30.6. The van der Waals surface area contributed by atoms with Crippen molar-refractivity contribution in [2.75, 3.05) is 27.3 Å². The number of ether oxygens (including phenoxy) is 2. The Morgan fingerprint density at radius 2 is 1.33 bits per heavy atom. The van der Waals surface area contributed by atoms with Crippen LogP contribution in [0.4, 0.5) is 9.59 Å². The lowest BCUT2D eigenvalue weighted by Crippen LogP contribution is -2.39. The van der Waals surface area contributed by atoms with Gasteiger partial charge in [0, 0.05) is 49.9 Å². The number of nitrogens with one attached hydrogen (secondary N) is 2. The molecule has 0 saturated heterocycles. The van der Waals surface area contributed by atoms with E-state index in [0.29, 0.717) is 25.8 Å². The number of benzene rings is 1. The quantitative estimate of drug-likeness (QED) is 0.332. The summed E-state index contributed by atoms with van der Waals surface area (Å²) in [6.07, 6.45) is 15.4. The third-order valence-corrected chi connectivity index (χ3v) is 9.04. The molecule has 0 radical (unpaired) electrons. The van der Waals surface area contributed by atoms with Crippen molar-refractivity contribution in [3.8, 4) is 0 Å². The van der Waals surface area contributed by atoms with Crippen molar-refractivity contribution in [3.05, 3.63) is 71.3 Å². The van der Waals surface area contributed by atoms with Crippen molar-refractivity contribution in [2.45, 2.75) is 95.1 Å². The number of aromatic amines is 2. The smallest absolute Gasteiger partial charge is 0.409 e. The highest BCUT2D eigenvalue weighted by Crippen LogP contribution is 2.30. The average Bonchev–Trinajstić information content (AvgIpc) is 3.74. The lowest BCUT2D eigenvalue weighted by Gasteiger charge is -2.31. The molecule has 10 heteroatoms. The minimum Gasteiger partial charge on any atom is -0.449 e. The molecule has 2 atom stereocenters. The van der Waals surface area contributed by atoms with Gasteiger partial charge in [-0.3, -0.25) is 0 Å². The van der Waals surface area contributed by atoms with Gasteiger partial charge in [-0.1, -0.05) is 49.6 Å². The van der Waals surface area contributed by atoms with E-state index in [1.165, 1.54) is 30.7 Å². The summed E-state index contributed by atoms with van der Waals surface area (Å²) in [5.74, 6) is 0.466. The highest BCUT2D eigenvalue weighted by atomic mass is 16.6. The van der Waals surface area contributed by atoms with Gasteiger partial charge in [0.05, 0.1) is 24.0 Å². The van der Waals surface area contributed by atoms with Crippen LogP contribution in [0.2, 0.25) is 0 Å². The monoisotopic (exact) mass is 590 g/mol. The topological polar surface area (TPSA) is 116 Å². The highest BCUT2D eigenvalue weighted by molar-refractivity contribution is 5.68. The zero-order chi connectivity index (χ0) is 30.0. The Hall–Kier alpha value is -3.82. The van der Waals surface area contributed by atoms with E-state index in [1.807, 2.05) is 37.4 Å². The van der Waals surface area contributed by atoms with Gasteiger partial charge in [0.1, 0.15) is 13.2 Å². The van der Waals surface area contributed by atoms with Crippen LogP contribution in [0.3, 0.4) is 0 Å². The maximum absolute atomic E-state index is 12.2. The van der Waals surface area contributed by atoms with Crippen LogP contribution in [0.1, 0.15) is 98.0 Å². The molecule has 43 heavy (non-hydrogen) atoms.